The lowest BCUT2D eigenvalue weighted by Crippen LogP contribution is -2.31. The van der Waals surface area contributed by atoms with Crippen molar-refractivity contribution in [3.63, 3.8) is 0 Å². The molecule has 0 aliphatic heterocycles. The molecular weight excluding hydrogens is 388 g/mol. The Morgan fingerprint density at radius 3 is 1.33 bits per heavy atom. The predicted molar refractivity (Wildman–Crippen MR) is 109 cm³/mol. The third-order valence-corrected chi connectivity index (χ3v) is 3.92. The summed E-state index contributed by atoms with van der Waals surface area (Å²) in [4.78, 5) is 46.9. The summed E-state index contributed by atoms with van der Waals surface area (Å²) in [6.45, 7) is -0.127. The minimum Gasteiger partial charge on any atom is -0.464 e. The summed E-state index contributed by atoms with van der Waals surface area (Å²) in [5, 5.41) is 4.97. The maximum atomic E-state index is 11.8. The second-order valence-electron chi connectivity index (χ2n) is 6.25. The van der Waals surface area contributed by atoms with Crippen molar-refractivity contribution in [2.75, 3.05) is 26.3 Å². The van der Waals surface area contributed by atoms with Gasteiger partial charge in [0.25, 0.3) is 11.8 Å². The quantitative estimate of drug-likeness (QED) is 0.429. The fraction of sp³-hybridized carbons (Fsp3) is 0.273. The van der Waals surface area contributed by atoms with Gasteiger partial charge in [0.05, 0.1) is 13.2 Å². The van der Waals surface area contributed by atoms with E-state index in [1.54, 1.807) is 60.7 Å². The summed E-state index contributed by atoms with van der Waals surface area (Å²) in [5.74, 6) is -1.78. The Kier molecular flexibility index (Phi) is 9.58. The number of amides is 2. The number of ether oxygens (including phenoxy) is 2. The largest absolute Gasteiger partial charge is 0.464 e. The average molecular weight is 412 g/mol. The molecular formula is C22H24N2O6. The molecule has 0 aromatic heterocycles. The Hall–Kier alpha value is -3.68. The Bertz CT molecular complexity index is 768. The summed E-state index contributed by atoms with van der Waals surface area (Å²) >= 11 is 0. The van der Waals surface area contributed by atoms with Crippen molar-refractivity contribution in [2.24, 2.45) is 0 Å². The van der Waals surface area contributed by atoms with Crippen molar-refractivity contribution in [2.45, 2.75) is 12.8 Å². The van der Waals surface area contributed by atoms with Gasteiger partial charge in [-0.1, -0.05) is 36.4 Å². The Morgan fingerprint density at radius 2 is 0.967 bits per heavy atom. The first-order valence-corrected chi connectivity index (χ1v) is 9.54. The number of unbranched alkanes of at least 4 members (excludes halogenated alkanes) is 1. The summed E-state index contributed by atoms with van der Waals surface area (Å²) in [7, 11) is 0. The SMILES string of the molecule is O=C(CNC(=O)c1ccccc1)OCCCCOC(=O)CNC(=O)c1ccccc1. The van der Waals surface area contributed by atoms with E-state index in [2.05, 4.69) is 10.6 Å². The van der Waals surface area contributed by atoms with Crippen LogP contribution in [0.2, 0.25) is 0 Å². The van der Waals surface area contributed by atoms with Gasteiger partial charge in [-0.05, 0) is 37.1 Å². The van der Waals surface area contributed by atoms with Crippen LogP contribution in [0.4, 0.5) is 0 Å². The summed E-state index contributed by atoms with van der Waals surface area (Å²) in [5.41, 5.74) is 0.930. The third-order valence-electron chi connectivity index (χ3n) is 3.92. The average Bonchev–Trinajstić information content (AvgIpc) is 2.79. The van der Waals surface area contributed by atoms with Crippen molar-refractivity contribution in [1.82, 2.24) is 10.6 Å². The first-order chi connectivity index (χ1) is 14.6. The molecule has 0 unspecified atom stereocenters. The van der Waals surface area contributed by atoms with Crippen molar-refractivity contribution in [3.05, 3.63) is 71.8 Å². The van der Waals surface area contributed by atoms with Gasteiger partial charge in [0.2, 0.25) is 0 Å². The van der Waals surface area contributed by atoms with E-state index in [9.17, 15) is 19.2 Å². The molecule has 0 bridgehead atoms. The van der Waals surface area contributed by atoms with Crippen LogP contribution in [0.15, 0.2) is 60.7 Å². The molecule has 2 rings (SSSR count). The molecule has 158 valence electrons. The highest BCUT2D eigenvalue weighted by molar-refractivity contribution is 5.96. The topological polar surface area (TPSA) is 111 Å². The minimum atomic E-state index is -0.542. The molecule has 0 aliphatic carbocycles. The number of carbonyl (C=O) groups excluding carboxylic acids is 4. The van der Waals surface area contributed by atoms with E-state index < -0.39 is 11.9 Å². The first-order valence-electron chi connectivity index (χ1n) is 9.54. The van der Waals surface area contributed by atoms with E-state index in [0.29, 0.717) is 24.0 Å². The van der Waals surface area contributed by atoms with E-state index in [1.165, 1.54) is 0 Å². The van der Waals surface area contributed by atoms with E-state index in [1.807, 2.05) is 0 Å². The molecule has 0 saturated heterocycles. The van der Waals surface area contributed by atoms with Crippen molar-refractivity contribution in [1.29, 1.82) is 0 Å². The summed E-state index contributed by atoms with van der Waals surface area (Å²) in [6.07, 6.45) is 1.00. The predicted octanol–water partition coefficient (Wildman–Crippen LogP) is 1.71. The van der Waals surface area contributed by atoms with Gasteiger partial charge in [-0.2, -0.15) is 0 Å². The monoisotopic (exact) mass is 412 g/mol. The van der Waals surface area contributed by atoms with Gasteiger partial charge in [-0.15, -0.1) is 0 Å². The molecule has 30 heavy (non-hydrogen) atoms. The van der Waals surface area contributed by atoms with Crippen LogP contribution in [0.25, 0.3) is 0 Å². The van der Waals surface area contributed by atoms with E-state index >= 15 is 0 Å². The normalized spacial score (nSPS) is 10.0. The second kappa shape index (κ2) is 12.7. The number of nitrogens with one attached hydrogen (secondary N) is 2. The van der Waals surface area contributed by atoms with Crippen LogP contribution in [-0.4, -0.2) is 50.1 Å². The zero-order chi connectivity index (χ0) is 21.6. The molecule has 0 spiro atoms. The van der Waals surface area contributed by atoms with Crippen LogP contribution in [0.1, 0.15) is 33.6 Å². The lowest BCUT2D eigenvalue weighted by atomic mass is 10.2. The van der Waals surface area contributed by atoms with Gasteiger partial charge in [0.15, 0.2) is 0 Å². The molecule has 2 aromatic carbocycles. The van der Waals surface area contributed by atoms with Crippen LogP contribution in [0.3, 0.4) is 0 Å². The minimum absolute atomic E-state index is 0.155. The molecule has 0 radical (unpaired) electrons. The molecule has 8 nitrogen and oxygen atoms in total. The molecule has 2 aromatic rings. The molecule has 0 fully saturated rings. The highest BCUT2D eigenvalue weighted by Gasteiger charge is 2.09. The molecule has 2 amide bonds. The fourth-order valence-corrected chi connectivity index (χ4v) is 2.37. The number of rotatable bonds is 11. The number of esters is 2. The Morgan fingerprint density at radius 1 is 0.600 bits per heavy atom. The highest BCUT2D eigenvalue weighted by atomic mass is 16.5. The van der Waals surface area contributed by atoms with Crippen LogP contribution in [0, 0.1) is 0 Å². The second-order valence-corrected chi connectivity index (χ2v) is 6.25. The third kappa shape index (κ3) is 8.55. The molecule has 8 heteroatoms. The zero-order valence-corrected chi connectivity index (χ0v) is 16.5. The van der Waals surface area contributed by atoms with Crippen LogP contribution >= 0.6 is 0 Å². The van der Waals surface area contributed by atoms with Gasteiger partial charge < -0.3 is 20.1 Å². The lowest BCUT2D eigenvalue weighted by molar-refractivity contribution is -0.144. The molecule has 0 aliphatic rings. The lowest BCUT2D eigenvalue weighted by Gasteiger charge is -2.08. The van der Waals surface area contributed by atoms with Crippen LogP contribution in [-0.2, 0) is 19.1 Å². The van der Waals surface area contributed by atoms with Crippen LogP contribution in [0.5, 0.6) is 0 Å². The van der Waals surface area contributed by atoms with Gasteiger partial charge >= 0.3 is 11.9 Å². The van der Waals surface area contributed by atoms with Crippen molar-refractivity contribution >= 4 is 23.8 Å². The van der Waals surface area contributed by atoms with E-state index in [-0.39, 0.29) is 38.1 Å². The van der Waals surface area contributed by atoms with Gasteiger partial charge in [0, 0.05) is 11.1 Å². The van der Waals surface area contributed by atoms with Gasteiger partial charge in [-0.3, -0.25) is 19.2 Å². The molecule has 2 N–H and O–H groups in total. The number of benzene rings is 2. The van der Waals surface area contributed by atoms with Gasteiger partial charge in [-0.25, -0.2) is 0 Å². The van der Waals surface area contributed by atoms with Crippen molar-refractivity contribution in [3.8, 4) is 0 Å². The highest BCUT2D eigenvalue weighted by Crippen LogP contribution is 1.99. The zero-order valence-electron chi connectivity index (χ0n) is 16.5. The standard InChI is InChI=1S/C22H24N2O6/c25-19(15-23-21(27)17-9-3-1-4-10-17)29-13-7-8-14-30-20(26)16-24-22(28)18-11-5-2-6-12-18/h1-6,9-12H,7-8,13-16H2,(H,23,27)(H,24,28). The van der Waals surface area contributed by atoms with E-state index in [4.69, 9.17) is 9.47 Å². The van der Waals surface area contributed by atoms with Crippen LogP contribution < -0.4 is 10.6 Å². The smallest absolute Gasteiger partial charge is 0.325 e. The number of carbonyl (C=O) groups is 4. The maximum absolute atomic E-state index is 11.8. The maximum Gasteiger partial charge on any atom is 0.325 e. The molecule has 0 atom stereocenters. The van der Waals surface area contributed by atoms with E-state index in [0.717, 1.165) is 0 Å². The van der Waals surface area contributed by atoms with Crippen molar-refractivity contribution < 1.29 is 28.7 Å². The molecule has 0 heterocycles. The Labute approximate surface area is 174 Å². The van der Waals surface area contributed by atoms with Gasteiger partial charge in [0.1, 0.15) is 13.1 Å². The fourth-order valence-electron chi connectivity index (χ4n) is 2.37. The number of hydrogen-bond donors (Lipinski definition) is 2. The molecule has 0 saturated carbocycles. The first kappa shape index (κ1) is 22.6. The Balaban J connectivity index is 1.48. The summed E-state index contributed by atoms with van der Waals surface area (Å²) < 4.78 is 10.0. The summed E-state index contributed by atoms with van der Waals surface area (Å²) in [6, 6.07) is 17.1. The number of hydrogen-bond acceptors (Lipinski definition) is 6.